The quantitative estimate of drug-likeness (QED) is 0.656. The van der Waals surface area contributed by atoms with Gasteiger partial charge in [0.2, 0.25) is 0 Å². The van der Waals surface area contributed by atoms with Crippen LogP contribution < -0.4 is 10.9 Å². The fourth-order valence-corrected chi connectivity index (χ4v) is 3.33. The Labute approximate surface area is 160 Å². The first-order valence-corrected chi connectivity index (χ1v) is 9.07. The van der Waals surface area contributed by atoms with Gasteiger partial charge in [-0.15, -0.1) is 0 Å². The van der Waals surface area contributed by atoms with Crippen molar-refractivity contribution in [2.24, 2.45) is 0 Å². The molecule has 3 rings (SSSR count). The van der Waals surface area contributed by atoms with E-state index < -0.39 is 0 Å². The first kappa shape index (κ1) is 18.4. The number of H-pyrrole nitrogens is 1. The van der Waals surface area contributed by atoms with Gasteiger partial charge in [-0.2, -0.15) is 0 Å². The lowest BCUT2D eigenvalue weighted by Crippen LogP contribution is -2.26. The Morgan fingerprint density at radius 1 is 1.27 bits per heavy atom. The molecule has 0 aliphatic rings. The number of fused-ring (bicyclic) bond motifs is 1. The molecule has 0 atom stereocenters. The molecule has 26 heavy (non-hydrogen) atoms. The van der Waals surface area contributed by atoms with Crippen LogP contribution in [0, 0.1) is 4.77 Å². The van der Waals surface area contributed by atoms with Gasteiger partial charge in [-0.3, -0.25) is 14.2 Å². The van der Waals surface area contributed by atoms with E-state index in [1.54, 1.807) is 18.2 Å². The highest BCUT2D eigenvalue weighted by Crippen LogP contribution is 2.12. The van der Waals surface area contributed by atoms with Crippen LogP contribution in [0.3, 0.4) is 0 Å². The van der Waals surface area contributed by atoms with Crippen LogP contribution in [0.5, 0.6) is 0 Å². The molecule has 7 heteroatoms. The molecule has 0 aliphatic carbocycles. The zero-order chi connectivity index (χ0) is 18.7. The van der Waals surface area contributed by atoms with E-state index in [0.717, 1.165) is 5.56 Å². The summed E-state index contributed by atoms with van der Waals surface area (Å²) in [5, 5.41) is 4.07. The third kappa shape index (κ3) is 3.86. The van der Waals surface area contributed by atoms with Gasteiger partial charge in [0.1, 0.15) is 0 Å². The van der Waals surface area contributed by atoms with Crippen molar-refractivity contribution in [3.05, 3.63) is 73.7 Å². The lowest BCUT2D eigenvalue weighted by Gasteiger charge is -2.08. The summed E-state index contributed by atoms with van der Waals surface area (Å²) in [4.78, 5) is 27.8. The third-order valence-corrected chi connectivity index (χ3v) is 4.71. The van der Waals surface area contributed by atoms with Gasteiger partial charge in [0.05, 0.1) is 10.9 Å². The number of hydrogen-bond acceptors (Lipinski definition) is 3. The number of rotatable bonds is 5. The highest BCUT2D eigenvalue weighted by atomic mass is 35.5. The Morgan fingerprint density at radius 3 is 2.81 bits per heavy atom. The topological polar surface area (TPSA) is 66.9 Å². The van der Waals surface area contributed by atoms with Crippen molar-refractivity contribution in [1.82, 2.24) is 14.9 Å². The normalized spacial score (nSPS) is 10.8. The SMILES string of the molecule is CCn1c(=S)[nH]c2cc(C(=O)NCCc3cccc(Cl)c3)ccc2c1=O. The van der Waals surface area contributed by atoms with Crippen molar-refractivity contribution >= 4 is 40.6 Å². The summed E-state index contributed by atoms with van der Waals surface area (Å²) in [6.45, 7) is 2.85. The van der Waals surface area contributed by atoms with E-state index in [4.69, 9.17) is 23.8 Å². The molecule has 0 bridgehead atoms. The number of hydrogen-bond donors (Lipinski definition) is 2. The van der Waals surface area contributed by atoms with Crippen LogP contribution in [0.1, 0.15) is 22.8 Å². The van der Waals surface area contributed by atoms with E-state index in [0.29, 0.717) is 45.8 Å². The van der Waals surface area contributed by atoms with Crippen molar-refractivity contribution in [2.45, 2.75) is 19.9 Å². The average Bonchev–Trinajstić information content (AvgIpc) is 2.61. The fourth-order valence-electron chi connectivity index (χ4n) is 2.80. The standard InChI is InChI=1S/C19H18ClN3O2S/c1-2-23-18(25)15-7-6-13(11-16(15)22-19(23)26)17(24)21-9-8-12-4-3-5-14(20)10-12/h3-7,10-11H,2,8-9H2,1H3,(H,21,24)(H,22,26). The Morgan fingerprint density at radius 2 is 2.08 bits per heavy atom. The van der Waals surface area contributed by atoms with Crippen LogP contribution in [0.2, 0.25) is 5.02 Å². The molecule has 2 aromatic carbocycles. The lowest BCUT2D eigenvalue weighted by molar-refractivity contribution is 0.0954. The zero-order valence-corrected chi connectivity index (χ0v) is 15.8. The summed E-state index contributed by atoms with van der Waals surface area (Å²) in [6.07, 6.45) is 0.684. The fraction of sp³-hybridized carbons (Fsp3) is 0.211. The first-order chi connectivity index (χ1) is 12.5. The average molecular weight is 388 g/mol. The van der Waals surface area contributed by atoms with E-state index in [-0.39, 0.29) is 11.5 Å². The Kier molecular flexibility index (Phi) is 5.54. The molecule has 0 spiro atoms. The van der Waals surface area contributed by atoms with Gasteiger partial charge in [-0.05, 0) is 61.5 Å². The number of carbonyl (C=O) groups is 1. The summed E-state index contributed by atoms with van der Waals surface area (Å²) in [6, 6.07) is 12.5. The number of amides is 1. The summed E-state index contributed by atoms with van der Waals surface area (Å²) in [5.74, 6) is -0.201. The van der Waals surface area contributed by atoms with E-state index in [1.807, 2.05) is 31.2 Å². The summed E-state index contributed by atoms with van der Waals surface area (Å²) in [7, 11) is 0. The third-order valence-electron chi connectivity index (χ3n) is 4.15. The maximum atomic E-state index is 12.4. The minimum absolute atomic E-state index is 0.154. The molecule has 1 aromatic heterocycles. The lowest BCUT2D eigenvalue weighted by atomic mass is 10.1. The van der Waals surface area contributed by atoms with Crippen LogP contribution in [-0.2, 0) is 13.0 Å². The smallest absolute Gasteiger partial charge is 0.262 e. The predicted molar refractivity (Wildman–Crippen MR) is 107 cm³/mol. The van der Waals surface area contributed by atoms with E-state index in [1.165, 1.54) is 4.57 Å². The molecule has 0 saturated carbocycles. The number of aromatic nitrogens is 2. The molecule has 0 radical (unpaired) electrons. The van der Waals surface area contributed by atoms with Crippen molar-refractivity contribution in [2.75, 3.05) is 6.54 Å². The summed E-state index contributed by atoms with van der Waals surface area (Å²) < 4.78 is 1.84. The van der Waals surface area contributed by atoms with E-state index in [2.05, 4.69) is 10.3 Å². The Bertz CT molecular complexity index is 1090. The maximum absolute atomic E-state index is 12.4. The largest absolute Gasteiger partial charge is 0.352 e. The molecule has 134 valence electrons. The summed E-state index contributed by atoms with van der Waals surface area (Å²) in [5.41, 5.74) is 1.94. The maximum Gasteiger partial charge on any atom is 0.262 e. The van der Waals surface area contributed by atoms with Crippen LogP contribution in [0.15, 0.2) is 47.3 Å². The predicted octanol–water partition coefficient (Wildman–Crippen LogP) is 3.70. The number of nitrogens with one attached hydrogen (secondary N) is 2. The van der Waals surface area contributed by atoms with Crippen LogP contribution in [0.25, 0.3) is 10.9 Å². The molecule has 0 saturated heterocycles. The van der Waals surface area contributed by atoms with Crippen molar-refractivity contribution in [3.63, 3.8) is 0 Å². The number of carbonyl (C=O) groups excluding carboxylic acids is 1. The molecule has 5 nitrogen and oxygen atoms in total. The van der Waals surface area contributed by atoms with Gasteiger partial charge >= 0.3 is 0 Å². The number of benzene rings is 2. The highest BCUT2D eigenvalue weighted by Gasteiger charge is 2.09. The second-order valence-electron chi connectivity index (χ2n) is 5.88. The molecule has 0 aliphatic heterocycles. The van der Waals surface area contributed by atoms with Crippen molar-refractivity contribution in [3.8, 4) is 0 Å². The molecular formula is C19H18ClN3O2S. The van der Waals surface area contributed by atoms with Gasteiger partial charge in [-0.1, -0.05) is 23.7 Å². The first-order valence-electron chi connectivity index (χ1n) is 8.29. The van der Waals surface area contributed by atoms with Crippen LogP contribution in [-0.4, -0.2) is 22.0 Å². The molecule has 1 heterocycles. The Hall–Kier alpha value is -2.44. The van der Waals surface area contributed by atoms with Gasteiger partial charge in [0, 0.05) is 23.7 Å². The van der Waals surface area contributed by atoms with Gasteiger partial charge < -0.3 is 10.3 Å². The molecule has 0 fully saturated rings. The minimum Gasteiger partial charge on any atom is -0.352 e. The van der Waals surface area contributed by atoms with E-state index >= 15 is 0 Å². The highest BCUT2D eigenvalue weighted by molar-refractivity contribution is 7.71. The molecular weight excluding hydrogens is 370 g/mol. The van der Waals surface area contributed by atoms with Crippen molar-refractivity contribution in [1.29, 1.82) is 0 Å². The second-order valence-corrected chi connectivity index (χ2v) is 6.70. The Balaban J connectivity index is 1.76. The summed E-state index contributed by atoms with van der Waals surface area (Å²) >= 11 is 11.2. The number of nitrogens with zero attached hydrogens (tertiary/aromatic N) is 1. The zero-order valence-electron chi connectivity index (χ0n) is 14.2. The van der Waals surface area contributed by atoms with Crippen LogP contribution in [0.4, 0.5) is 0 Å². The van der Waals surface area contributed by atoms with Crippen molar-refractivity contribution < 1.29 is 4.79 Å². The van der Waals surface area contributed by atoms with Gasteiger partial charge in [0.15, 0.2) is 4.77 Å². The molecule has 3 aromatic rings. The molecule has 1 amide bonds. The van der Waals surface area contributed by atoms with E-state index in [9.17, 15) is 9.59 Å². The number of halogens is 1. The second kappa shape index (κ2) is 7.85. The molecule has 0 unspecified atom stereocenters. The monoisotopic (exact) mass is 387 g/mol. The molecule has 2 N–H and O–H groups in total. The van der Waals surface area contributed by atoms with Gasteiger partial charge in [0.25, 0.3) is 11.5 Å². The minimum atomic E-state index is -0.201. The number of aromatic amines is 1. The van der Waals surface area contributed by atoms with Gasteiger partial charge in [-0.25, -0.2) is 0 Å². The van der Waals surface area contributed by atoms with Crippen LogP contribution >= 0.6 is 23.8 Å².